The molecule has 1 aromatic heterocycles. The average Bonchev–Trinajstić information content (AvgIpc) is 2.67. The van der Waals surface area contributed by atoms with Gasteiger partial charge >= 0.3 is 0 Å². The lowest BCUT2D eigenvalue weighted by Gasteiger charge is -2.12. The number of anilines is 1. The van der Waals surface area contributed by atoms with Crippen LogP contribution in [-0.4, -0.2) is 29.0 Å². The van der Waals surface area contributed by atoms with Crippen molar-refractivity contribution in [2.45, 2.75) is 58.8 Å². The summed E-state index contributed by atoms with van der Waals surface area (Å²) in [6, 6.07) is 8.00. The Hall–Kier alpha value is -1.95. The van der Waals surface area contributed by atoms with Gasteiger partial charge in [-0.05, 0) is 49.5 Å². The van der Waals surface area contributed by atoms with Crippen LogP contribution in [0.3, 0.4) is 0 Å². The first-order chi connectivity index (χ1) is 13.1. The minimum absolute atomic E-state index is 0.174. The number of unbranched alkanes of at least 4 members (excludes halogenated alkanes) is 3. The highest BCUT2D eigenvalue weighted by atomic mass is 32.1. The van der Waals surface area contributed by atoms with Crippen molar-refractivity contribution in [3.63, 3.8) is 0 Å². The number of carbonyl (C=O) groups is 1. The second kappa shape index (κ2) is 11.7. The Morgan fingerprint density at radius 2 is 2.04 bits per heavy atom. The summed E-state index contributed by atoms with van der Waals surface area (Å²) >= 11 is 5.19. The molecule has 2 rings (SSSR count). The number of hydrogen-bond donors (Lipinski definition) is 3. The van der Waals surface area contributed by atoms with Gasteiger partial charge < -0.3 is 15.6 Å². The van der Waals surface area contributed by atoms with Gasteiger partial charge in [0.15, 0.2) is 4.77 Å². The number of aromatic amines is 1. The van der Waals surface area contributed by atoms with E-state index in [0.29, 0.717) is 17.1 Å². The van der Waals surface area contributed by atoms with E-state index < -0.39 is 0 Å². The second-order valence-electron chi connectivity index (χ2n) is 7.23. The number of benzene rings is 1. The van der Waals surface area contributed by atoms with E-state index in [1.54, 1.807) is 0 Å². The van der Waals surface area contributed by atoms with Gasteiger partial charge in [0.2, 0.25) is 5.91 Å². The van der Waals surface area contributed by atoms with E-state index in [1.807, 2.05) is 24.3 Å². The van der Waals surface area contributed by atoms with Crippen LogP contribution >= 0.6 is 12.2 Å². The van der Waals surface area contributed by atoms with Gasteiger partial charge in [-0.15, -0.1) is 0 Å². The van der Waals surface area contributed by atoms with Gasteiger partial charge in [0.25, 0.3) is 0 Å². The normalized spacial score (nSPS) is 12.1. The van der Waals surface area contributed by atoms with Gasteiger partial charge in [0.05, 0.1) is 5.52 Å². The number of fused-ring (bicyclic) bond motifs is 1. The highest BCUT2D eigenvalue weighted by Gasteiger charge is 2.06. The lowest BCUT2D eigenvalue weighted by atomic mass is 10.0. The van der Waals surface area contributed by atoms with E-state index in [1.165, 1.54) is 19.3 Å². The van der Waals surface area contributed by atoms with Crippen LogP contribution in [0, 0.1) is 10.7 Å². The maximum absolute atomic E-state index is 11.9. The van der Waals surface area contributed by atoms with E-state index in [9.17, 15) is 4.79 Å². The number of H-pyrrole nitrogens is 1. The summed E-state index contributed by atoms with van der Waals surface area (Å²) < 4.78 is 0.487. The van der Waals surface area contributed by atoms with E-state index in [-0.39, 0.29) is 5.91 Å². The second-order valence-corrected chi connectivity index (χ2v) is 7.61. The van der Waals surface area contributed by atoms with Gasteiger partial charge in [-0.2, -0.15) is 0 Å². The van der Waals surface area contributed by atoms with Crippen LogP contribution in [0.1, 0.15) is 58.8 Å². The molecule has 1 aromatic carbocycles. The Labute approximate surface area is 167 Å². The molecule has 0 fully saturated rings. The molecule has 1 amide bonds. The van der Waals surface area contributed by atoms with Gasteiger partial charge in [0.1, 0.15) is 5.82 Å². The quantitative estimate of drug-likeness (QED) is 0.345. The molecule has 0 bridgehead atoms. The van der Waals surface area contributed by atoms with Crippen LogP contribution in [0.2, 0.25) is 0 Å². The highest BCUT2D eigenvalue weighted by Crippen LogP contribution is 2.19. The molecule has 2 aromatic rings. The zero-order chi connectivity index (χ0) is 19.5. The number of amides is 1. The molecule has 0 aliphatic rings. The maximum atomic E-state index is 11.9. The summed E-state index contributed by atoms with van der Waals surface area (Å²) in [5.74, 6) is 1.57. The SMILES string of the molecule is CCCC[C@H](C)CNC(=O)CCCCCNc1nc(=S)[nH]c2ccccc12. The first kappa shape index (κ1) is 21.4. The Balaban J connectivity index is 1.63. The van der Waals surface area contributed by atoms with Gasteiger partial charge in [-0.1, -0.05) is 45.2 Å². The van der Waals surface area contributed by atoms with Gasteiger partial charge in [0, 0.05) is 24.9 Å². The number of para-hydroxylation sites is 1. The van der Waals surface area contributed by atoms with E-state index in [2.05, 4.69) is 34.4 Å². The molecule has 1 atom stereocenters. The molecule has 0 unspecified atom stereocenters. The summed E-state index contributed by atoms with van der Waals surface area (Å²) in [6.45, 7) is 6.03. The van der Waals surface area contributed by atoms with E-state index in [4.69, 9.17) is 12.2 Å². The molecule has 1 heterocycles. The monoisotopic (exact) mass is 388 g/mol. The third-order valence-corrected chi connectivity index (χ3v) is 4.90. The smallest absolute Gasteiger partial charge is 0.220 e. The lowest BCUT2D eigenvalue weighted by molar-refractivity contribution is -0.121. The first-order valence-corrected chi connectivity index (χ1v) is 10.5. The third kappa shape index (κ3) is 7.67. The van der Waals surface area contributed by atoms with Crippen molar-refractivity contribution in [1.29, 1.82) is 0 Å². The molecule has 5 nitrogen and oxygen atoms in total. The first-order valence-electron chi connectivity index (χ1n) is 10.1. The molecule has 27 heavy (non-hydrogen) atoms. The summed E-state index contributed by atoms with van der Waals surface area (Å²) in [5, 5.41) is 7.48. The summed E-state index contributed by atoms with van der Waals surface area (Å²) in [5.41, 5.74) is 0.991. The van der Waals surface area contributed by atoms with Gasteiger partial charge in [-0.3, -0.25) is 4.79 Å². The molecule has 0 saturated heterocycles. The number of nitrogens with zero attached hydrogens (tertiary/aromatic N) is 1. The number of carbonyl (C=O) groups excluding carboxylic acids is 1. The van der Waals surface area contributed by atoms with Crippen LogP contribution in [0.4, 0.5) is 5.82 Å². The predicted molar refractivity (Wildman–Crippen MR) is 116 cm³/mol. The highest BCUT2D eigenvalue weighted by molar-refractivity contribution is 7.71. The molecule has 0 saturated carbocycles. The van der Waals surface area contributed by atoms with Crippen LogP contribution in [-0.2, 0) is 4.79 Å². The molecule has 148 valence electrons. The van der Waals surface area contributed by atoms with Gasteiger partial charge in [-0.25, -0.2) is 4.98 Å². The maximum Gasteiger partial charge on any atom is 0.220 e. The largest absolute Gasteiger partial charge is 0.369 e. The minimum atomic E-state index is 0.174. The molecule has 0 aliphatic heterocycles. The Kier molecular flexibility index (Phi) is 9.25. The number of nitrogens with one attached hydrogen (secondary N) is 3. The summed E-state index contributed by atoms with van der Waals surface area (Å²) in [7, 11) is 0. The molecule has 3 N–H and O–H groups in total. The Bertz CT molecular complexity index is 774. The predicted octanol–water partition coefficient (Wildman–Crippen LogP) is 5.21. The van der Waals surface area contributed by atoms with Crippen molar-refractivity contribution in [3.05, 3.63) is 29.0 Å². The van der Waals surface area contributed by atoms with Crippen molar-refractivity contribution < 1.29 is 4.79 Å². The lowest BCUT2D eigenvalue weighted by Crippen LogP contribution is -2.28. The number of hydrogen-bond acceptors (Lipinski definition) is 4. The molecular formula is C21H32N4OS. The summed E-state index contributed by atoms with van der Waals surface area (Å²) in [4.78, 5) is 19.4. The third-order valence-electron chi connectivity index (χ3n) is 4.71. The van der Waals surface area contributed by atoms with Crippen LogP contribution in [0.25, 0.3) is 10.9 Å². The molecule has 6 heteroatoms. The van der Waals surface area contributed by atoms with Crippen molar-refractivity contribution in [1.82, 2.24) is 15.3 Å². The zero-order valence-corrected chi connectivity index (χ0v) is 17.3. The van der Waals surface area contributed by atoms with Crippen molar-refractivity contribution in [2.75, 3.05) is 18.4 Å². The van der Waals surface area contributed by atoms with Crippen LogP contribution in [0.15, 0.2) is 24.3 Å². The number of rotatable bonds is 12. The number of aromatic nitrogens is 2. The van der Waals surface area contributed by atoms with E-state index in [0.717, 1.165) is 49.1 Å². The molecule has 0 spiro atoms. The fourth-order valence-electron chi connectivity index (χ4n) is 3.06. The Morgan fingerprint density at radius 3 is 2.85 bits per heavy atom. The van der Waals surface area contributed by atoms with E-state index >= 15 is 0 Å². The fraction of sp³-hybridized carbons (Fsp3) is 0.571. The molecule has 0 radical (unpaired) electrons. The minimum Gasteiger partial charge on any atom is -0.369 e. The van der Waals surface area contributed by atoms with Crippen molar-refractivity contribution in [3.8, 4) is 0 Å². The average molecular weight is 389 g/mol. The standard InChI is InChI=1S/C21H32N4OS/c1-3-4-10-16(2)15-23-19(26)13-6-5-9-14-22-20-17-11-7-8-12-18(17)24-21(27)25-20/h7-8,11-12,16H,3-6,9-10,13-15H2,1-2H3,(H,23,26)(H2,22,24,25,27)/t16-/m0/s1. The van der Waals surface area contributed by atoms with Crippen molar-refractivity contribution >= 4 is 34.8 Å². The van der Waals surface area contributed by atoms with Crippen LogP contribution in [0.5, 0.6) is 0 Å². The topological polar surface area (TPSA) is 69.8 Å². The summed E-state index contributed by atoms with van der Waals surface area (Å²) in [6.07, 6.45) is 7.19. The molecule has 0 aliphatic carbocycles. The van der Waals surface area contributed by atoms with Crippen LogP contribution < -0.4 is 10.6 Å². The Morgan fingerprint density at radius 1 is 1.22 bits per heavy atom. The fourth-order valence-corrected chi connectivity index (χ4v) is 3.26. The zero-order valence-electron chi connectivity index (χ0n) is 16.5. The van der Waals surface area contributed by atoms with Crippen molar-refractivity contribution in [2.24, 2.45) is 5.92 Å². The molecular weight excluding hydrogens is 356 g/mol.